The fourth-order valence-corrected chi connectivity index (χ4v) is 5.06. The smallest absolute Gasteiger partial charge is 0.223 e. The Labute approximate surface area is 187 Å². The van der Waals surface area contributed by atoms with Crippen LogP contribution < -0.4 is 0 Å². The molecule has 1 saturated carbocycles. The van der Waals surface area contributed by atoms with Gasteiger partial charge in [-0.2, -0.15) is 0 Å². The molecule has 2 aliphatic carbocycles. The van der Waals surface area contributed by atoms with Crippen LogP contribution in [0.5, 0.6) is 0 Å². The van der Waals surface area contributed by atoms with Gasteiger partial charge in [0.25, 0.3) is 0 Å². The molecule has 0 radical (unpaired) electrons. The lowest BCUT2D eigenvalue weighted by Gasteiger charge is -2.21. The van der Waals surface area contributed by atoms with Crippen molar-refractivity contribution in [3.63, 3.8) is 0 Å². The van der Waals surface area contributed by atoms with Crippen LogP contribution in [0, 0.1) is 24.7 Å². The third kappa shape index (κ3) is 6.52. The minimum Gasteiger partial charge on any atom is -0.392 e. The van der Waals surface area contributed by atoms with Crippen molar-refractivity contribution in [3.8, 4) is 0 Å². The highest BCUT2D eigenvalue weighted by Gasteiger charge is 2.43. The predicted octanol–water partition coefficient (Wildman–Crippen LogP) is 2.81. The summed E-state index contributed by atoms with van der Waals surface area (Å²) >= 11 is 0. The fourth-order valence-electron chi connectivity index (χ4n) is 5.06. The van der Waals surface area contributed by atoms with Crippen molar-refractivity contribution in [1.29, 1.82) is 0 Å². The largest absolute Gasteiger partial charge is 0.392 e. The molecule has 0 unspecified atom stereocenters. The van der Waals surface area contributed by atoms with Crippen molar-refractivity contribution in [2.24, 2.45) is 17.8 Å². The van der Waals surface area contributed by atoms with Gasteiger partial charge >= 0.3 is 0 Å². The first-order chi connectivity index (χ1) is 14.7. The van der Waals surface area contributed by atoms with Gasteiger partial charge in [0.2, 0.25) is 5.91 Å². The number of hydrogen-bond donors (Lipinski definition) is 2. The summed E-state index contributed by atoms with van der Waals surface area (Å²) in [6.45, 7) is 3.68. The van der Waals surface area contributed by atoms with Gasteiger partial charge in [0.1, 0.15) is 0 Å². The maximum atomic E-state index is 11.8. The number of hydrogen-bond acceptors (Lipinski definition) is 4. The van der Waals surface area contributed by atoms with Gasteiger partial charge in [0, 0.05) is 45.9 Å². The second kappa shape index (κ2) is 10.6. The molecule has 5 heteroatoms. The van der Waals surface area contributed by atoms with E-state index in [1.54, 1.807) is 19.0 Å². The molecule has 1 aromatic carbocycles. The van der Waals surface area contributed by atoms with E-state index in [1.807, 2.05) is 24.3 Å². The zero-order chi connectivity index (χ0) is 22.5. The van der Waals surface area contributed by atoms with Crippen LogP contribution in [0.25, 0.3) is 0 Å². The molecule has 5 nitrogen and oxygen atoms in total. The molecule has 2 N–H and O–H groups in total. The highest BCUT2D eigenvalue weighted by atomic mass is 16.3. The summed E-state index contributed by atoms with van der Waals surface area (Å²) in [5.74, 6) is 1.06. The highest BCUT2D eigenvalue weighted by Crippen LogP contribution is 2.47. The molecule has 0 spiro atoms. The van der Waals surface area contributed by atoms with E-state index < -0.39 is 6.10 Å². The van der Waals surface area contributed by atoms with Crippen molar-refractivity contribution in [3.05, 3.63) is 59.2 Å². The number of carbonyl (C=O) groups is 1. The summed E-state index contributed by atoms with van der Waals surface area (Å²) < 4.78 is 0. The number of rotatable bonds is 9. The number of carbonyl (C=O) groups excluding carboxylic acids is 1. The van der Waals surface area contributed by atoms with Crippen LogP contribution in [0.4, 0.5) is 0 Å². The lowest BCUT2D eigenvalue weighted by Crippen LogP contribution is -2.29. The average molecular weight is 427 g/mol. The molecule has 170 valence electrons. The standard InChI is InChI=1S/C26H38N2O3/c1-18-6-5-7-19(12-18)14-22(29)8-9-23-24-15-20(13-21(24)16-25(23)30)17-28(4)11-10-26(31)27(2)3/h5-9,12-13,21-25,29-30H,10-11,14-17H2,1-4H3/b9-8+/t21-,22-,23+,24-,25+/m0/s1. The molecule has 0 bridgehead atoms. The second-order valence-electron chi connectivity index (χ2n) is 9.66. The van der Waals surface area contributed by atoms with Crippen LogP contribution in [0.2, 0.25) is 0 Å². The van der Waals surface area contributed by atoms with Gasteiger partial charge in [-0.3, -0.25) is 4.79 Å². The Hall–Kier alpha value is -1.95. The molecule has 0 aromatic heterocycles. The molecule has 0 aliphatic heterocycles. The van der Waals surface area contributed by atoms with E-state index in [2.05, 4.69) is 37.1 Å². The third-order valence-electron chi connectivity index (χ3n) is 6.71. The molecule has 1 aromatic rings. The second-order valence-corrected chi connectivity index (χ2v) is 9.66. The summed E-state index contributed by atoms with van der Waals surface area (Å²) in [7, 11) is 5.64. The Kier molecular flexibility index (Phi) is 8.09. The van der Waals surface area contributed by atoms with Crippen LogP contribution in [-0.4, -0.2) is 72.4 Å². The monoisotopic (exact) mass is 426 g/mol. The van der Waals surface area contributed by atoms with Gasteiger partial charge in [-0.25, -0.2) is 0 Å². The number of benzene rings is 1. The maximum Gasteiger partial charge on any atom is 0.223 e. The number of allylic oxidation sites excluding steroid dienone is 1. The summed E-state index contributed by atoms with van der Waals surface area (Å²) in [5, 5.41) is 21.1. The minimum atomic E-state index is -0.540. The number of aryl methyl sites for hydroxylation is 1. The van der Waals surface area contributed by atoms with E-state index in [0.29, 0.717) is 24.7 Å². The lowest BCUT2D eigenvalue weighted by atomic mass is 9.89. The van der Waals surface area contributed by atoms with E-state index in [0.717, 1.165) is 31.5 Å². The summed E-state index contributed by atoms with van der Waals surface area (Å²) in [4.78, 5) is 15.7. The lowest BCUT2D eigenvalue weighted by molar-refractivity contribution is -0.128. The number of aliphatic hydroxyl groups is 2. The molecule has 2 aliphatic rings. The first kappa shape index (κ1) is 23.7. The van der Waals surface area contributed by atoms with Crippen LogP contribution in [-0.2, 0) is 11.2 Å². The number of aliphatic hydroxyl groups excluding tert-OH is 2. The van der Waals surface area contributed by atoms with E-state index in [-0.39, 0.29) is 17.9 Å². The Morgan fingerprint density at radius 3 is 2.77 bits per heavy atom. The SMILES string of the molecule is Cc1cccc(C[C@@H](O)/C=C/[C@@H]2[C@H]3CC(CN(C)CCC(=O)N(C)C)=C[C@H]3C[C@H]2O)c1. The first-order valence-electron chi connectivity index (χ1n) is 11.4. The van der Waals surface area contributed by atoms with Gasteiger partial charge in [-0.1, -0.05) is 53.6 Å². The Bertz CT molecular complexity index is 817. The van der Waals surface area contributed by atoms with Gasteiger partial charge in [-0.15, -0.1) is 0 Å². The molecule has 0 saturated heterocycles. The fraction of sp³-hybridized carbons (Fsp3) is 0.577. The Morgan fingerprint density at radius 1 is 1.29 bits per heavy atom. The van der Waals surface area contributed by atoms with E-state index in [9.17, 15) is 15.0 Å². The quantitative estimate of drug-likeness (QED) is 0.596. The molecule has 5 atom stereocenters. The normalized spacial score (nSPS) is 26.4. The number of fused-ring (bicyclic) bond motifs is 1. The van der Waals surface area contributed by atoms with Gasteiger partial charge in [-0.05, 0) is 44.2 Å². The van der Waals surface area contributed by atoms with Crippen LogP contribution in [0.3, 0.4) is 0 Å². The molecule has 1 fully saturated rings. The minimum absolute atomic E-state index is 0.0894. The van der Waals surface area contributed by atoms with Crippen molar-refractivity contribution in [1.82, 2.24) is 9.80 Å². The van der Waals surface area contributed by atoms with Crippen molar-refractivity contribution in [2.45, 2.75) is 44.8 Å². The molecule has 31 heavy (non-hydrogen) atoms. The van der Waals surface area contributed by atoms with Crippen molar-refractivity contribution < 1.29 is 15.0 Å². The highest BCUT2D eigenvalue weighted by molar-refractivity contribution is 5.75. The predicted molar refractivity (Wildman–Crippen MR) is 125 cm³/mol. The number of amides is 1. The average Bonchev–Trinajstić information content (AvgIpc) is 3.20. The maximum absolute atomic E-state index is 11.8. The molecule has 1 amide bonds. The zero-order valence-corrected chi connectivity index (χ0v) is 19.4. The Morgan fingerprint density at radius 2 is 2.06 bits per heavy atom. The van der Waals surface area contributed by atoms with Crippen LogP contribution in [0.1, 0.15) is 30.4 Å². The molecule has 3 rings (SSSR count). The molecular weight excluding hydrogens is 388 g/mol. The number of likely N-dealkylation sites (N-methyl/N-ethyl adjacent to an activating group) is 1. The van der Waals surface area contributed by atoms with E-state index in [4.69, 9.17) is 0 Å². The van der Waals surface area contributed by atoms with E-state index >= 15 is 0 Å². The summed E-state index contributed by atoms with van der Waals surface area (Å²) in [6.07, 6.45) is 8.28. The summed E-state index contributed by atoms with van der Waals surface area (Å²) in [6, 6.07) is 8.22. The van der Waals surface area contributed by atoms with Gasteiger partial charge < -0.3 is 20.0 Å². The van der Waals surface area contributed by atoms with Crippen molar-refractivity contribution >= 4 is 5.91 Å². The summed E-state index contributed by atoms with van der Waals surface area (Å²) in [5.41, 5.74) is 3.73. The Balaban J connectivity index is 1.51. The molecular formula is C26H38N2O3. The topological polar surface area (TPSA) is 64.0 Å². The first-order valence-corrected chi connectivity index (χ1v) is 11.4. The van der Waals surface area contributed by atoms with Gasteiger partial charge in [0.15, 0.2) is 0 Å². The van der Waals surface area contributed by atoms with Crippen LogP contribution >= 0.6 is 0 Å². The van der Waals surface area contributed by atoms with Crippen LogP contribution in [0.15, 0.2) is 48.1 Å². The van der Waals surface area contributed by atoms with E-state index in [1.165, 1.54) is 11.1 Å². The van der Waals surface area contributed by atoms with Crippen molar-refractivity contribution in [2.75, 3.05) is 34.2 Å². The third-order valence-corrected chi connectivity index (χ3v) is 6.71. The van der Waals surface area contributed by atoms with Gasteiger partial charge in [0.05, 0.1) is 12.2 Å². The number of nitrogens with zero attached hydrogens (tertiary/aromatic N) is 2. The molecule has 0 heterocycles. The zero-order valence-electron chi connectivity index (χ0n) is 19.4.